The molecule has 1 heterocycles. The van der Waals surface area contributed by atoms with Crippen molar-refractivity contribution in [1.29, 1.82) is 0 Å². The fraction of sp³-hybridized carbons (Fsp3) is 0.600. The summed E-state index contributed by atoms with van der Waals surface area (Å²) in [6, 6.07) is -1.98. The highest BCUT2D eigenvalue weighted by Crippen LogP contribution is 2.08. The number of ketones is 1. The molecule has 0 saturated carbocycles. The highest BCUT2D eigenvalue weighted by atomic mass is 16.6. The second-order valence-corrected chi connectivity index (χ2v) is 8.26. The zero-order chi connectivity index (χ0) is 25.7. The quantitative estimate of drug-likeness (QED) is 0.0846. The van der Waals surface area contributed by atoms with Gasteiger partial charge in [-0.25, -0.2) is 9.78 Å². The molecule has 14 nitrogen and oxygen atoms in total. The molecular weight excluding hydrogens is 448 g/mol. The maximum absolute atomic E-state index is 12.6. The Morgan fingerprint density at radius 1 is 1.15 bits per heavy atom. The van der Waals surface area contributed by atoms with Gasteiger partial charge in [0.25, 0.3) is 5.89 Å². The summed E-state index contributed by atoms with van der Waals surface area (Å²) >= 11 is 0. The Morgan fingerprint density at radius 2 is 1.85 bits per heavy atom. The smallest absolute Gasteiger partial charge is 0.408 e. The molecule has 9 N–H and O–H groups in total. The van der Waals surface area contributed by atoms with Gasteiger partial charge in [0.2, 0.25) is 17.6 Å². The van der Waals surface area contributed by atoms with E-state index in [1.165, 1.54) is 12.5 Å². The first-order valence-electron chi connectivity index (χ1n) is 10.7. The lowest BCUT2D eigenvalue weighted by Crippen LogP contribution is -2.52. The van der Waals surface area contributed by atoms with Crippen LogP contribution in [0.25, 0.3) is 0 Å². The van der Waals surface area contributed by atoms with Crippen LogP contribution < -0.4 is 33.2 Å². The monoisotopic (exact) mass is 482 g/mol. The second-order valence-electron chi connectivity index (χ2n) is 8.26. The SMILES string of the molecule is CC(C)(C)OC(=O)N[C@H](CCN)C(=O)NCC(=O)N[C@@H](CCCN=C(N)N)C(=O)c1ncco1. The van der Waals surface area contributed by atoms with Gasteiger partial charge in [-0.05, 0) is 46.6 Å². The van der Waals surface area contributed by atoms with Crippen LogP contribution in [0.15, 0.2) is 21.9 Å². The van der Waals surface area contributed by atoms with Crippen molar-refractivity contribution >= 4 is 29.7 Å². The van der Waals surface area contributed by atoms with Crippen LogP contribution in [0.4, 0.5) is 4.79 Å². The van der Waals surface area contributed by atoms with Crippen molar-refractivity contribution < 1.29 is 28.3 Å². The summed E-state index contributed by atoms with van der Waals surface area (Å²) in [5.41, 5.74) is 15.3. The van der Waals surface area contributed by atoms with Crippen LogP contribution in [0.5, 0.6) is 0 Å². The number of oxazole rings is 1. The first-order chi connectivity index (χ1) is 15.9. The van der Waals surface area contributed by atoms with Crippen molar-refractivity contribution in [3.05, 3.63) is 18.4 Å². The van der Waals surface area contributed by atoms with Gasteiger partial charge in [-0.3, -0.25) is 19.4 Å². The Hall–Kier alpha value is -3.68. The van der Waals surface area contributed by atoms with Gasteiger partial charge in [-0.1, -0.05) is 0 Å². The molecule has 34 heavy (non-hydrogen) atoms. The van der Waals surface area contributed by atoms with Gasteiger partial charge in [0.1, 0.15) is 17.9 Å². The van der Waals surface area contributed by atoms with E-state index in [2.05, 4.69) is 25.9 Å². The summed E-state index contributed by atoms with van der Waals surface area (Å²) in [6.45, 7) is 4.97. The molecular formula is C20H34N8O6. The van der Waals surface area contributed by atoms with E-state index in [1.54, 1.807) is 20.8 Å². The second kappa shape index (κ2) is 13.8. The van der Waals surface area contributed by atoms with Crippen molar-refractivity contribution in [3.63, 3.8) is 0 Å². The molecule has 190 valence electrons. The summed E-state index contributed by atoms with van der Waals surface area (Å²) < 4.78 is 10.2. The molecule has 2 atom stereocenters. The van der Waals surface area contributed by atoms with Gasteiger partial charge in [0.15, 0.2) is 5.96 Å². The van der Waals surface area contributed by atoms with E-state index in [-0.39, 0.29) is 37.8 Å². The predicted octanol–water partition coefficient (Wildman–Crippen LogP) is -1.25. The molecule has 0 bridgehead atoms. The first kappa shape index (κ1) is 28.4. The Bertz CT molecular complexity index is 846. The topological polar surface area (TPSA) is 230 Å². The number of guanidine groups is 1. The molecule has 3 amide bonds. The van der Waals surface area contributed by atoms with E-state index in [0.717, 1.165) is 0 Å². The van der Waals surface area contributed by atoms with Gasteiger partial charge >= 0.3 is 6.09 Å². The van der Waals surface area contributed by atoms with Crippen molar-refractivity contribution in [2.45, 2.75) is 57.7 Å². The number of hydrogen-bond donors (Lipinski definition) is 6. The number of nitrogens with one attached hydrogen (secondary N) is 3. The van der Waals surface area contributed by atoms with Crippen molar-refractivity contribution in [2.24, 2.45) is 22.2 Å². The number of Topliss-reactive ketones (excluding diaryl/α,β-unsaturated/α-hetero) is 1. The fourth-order valence-electron chi connectivity index (χ4n) is 2.69. The minimum absolute atomic E-state index is 0.0886. The number of rotatable bonds is 13. The van der Waals surface area contributed by atoms with Gasteiger partial charge in [-0.2, -0.15) is 0 Å². The molecule has 0 fully saturated rings. The standard InChI is InChI=1S/C20H34N8O6/c1-20(2,3)34-19(32)28-13(6-7-21)16(31)26-11-14(29)27-12(5-4-8-25-18(22)23)15(30)17-24-9-10-33-17/h9-10,12-13H,4-8,11,21H2,1-3H3,(H,26,31)(H,27,29)(H,28,32)(H4,22,23,25)/t12-,13+/m0/s1. The van der Waals surface area contributed by atoms with E-state index in [0.29, 0.717) is 6.42 Å². The predicted molar refractivity (Wildman–Crippen MR) is 123 cm³/mol. The third-order valence-corrected chi connectivity index (χ3v) is 4.13. The Labute approximate surface area is 197 Å². The van der Waals surface area contributed by atoms with E-state index < -0.39 is 47.9 Å². The molecule has 0 unspecified atom stereocenters. The molecule has 0 saturated heterocycles. The van der Waals surface area contributed by atoms with Crippen LogP contribution in [0, 0.1) is 0 Å². The normalized spacial score (nSPS) is 12.7. The van der Waals surface area contributed by atoms with Crippen LogP contribution >= 0.6 is 0 Å². The molecule has 14 heteroatoms. The van der Waals surface area contributed by atoms with Crippen molar-refractivity contribution in [2.75, 3.05) is 19.6 Å². The van der Waals surface area contributed by atoms with E-state index in [4.69, 9.17) is 26.4 Å². The highest BCUT2D eigenvalue weighted by molar-refractivity contribution is 5.99. The average molecular weight is 483 g/mol. The summed E-state index contributed by atoms with van der Waals surface area (Å²) in [4.78, 5) is 57.1. The molecule has 0 radical (unpaired) electrons. The number of carbonyl (C=O) groups excluding carboxylic acids is 4. The van der Waals surface area contributed by atoms with Gasteiger partial charge < -0.3 is 42.3 Å². The summed E-state index contributed by atoms with van der Waals surface area (Å²) in [6.07, 6.45) is 2.47. The number of aliphatic imine (C=N–C) groups is 1. The summed E-state index contributed by atoms with van der Waals surface area (Å²) in [7, 11) is 0. The number of carbonyl (C=O) groups is 4. The number of amides is 3. The summed E-state index contributed by atoms with van der Waals surface area (Å²) in [5, 5.41) is 7.38. The number of alkyl carbamates (subject to hydrolysis) is 1. The average Bonchev–Trinajstić information content (AvgIpc) is 3.26. The van der Waals surface area contributed by atoms with E-state index in [1.807, 2.05) is 0 Å². The van der Waals surface area contributed by atoms with Crippen molar-refractivity contribution in [3.8, 4) is 0 Å². The first-order valence-corrected chi connectivity index (χ1v) is 10.7. The van der Waals surface area contributed by atoms with E-state index in [9.17, 15) is 19.2 Å². The number of hydrogen-bond acceptors (Lipinski definition) is 9. The van der Waals surface area contributed by atoms with E-state index >= 15 is 0 Å². The van der Waals surface area contributed by atoms with Crippen LogP contribution in [0.3, 0.4) is 0 Å². The number of ether oxygens (including phenoxy) is 1. The van der Waals surface area contributed by atoms with Crippen LogP contribution in [0.2, 0.25) is 0 Å². The Balaban J connectivity index is 2.69. The molecule has 1 aromatic rings. The Kier molecular flexibility index (Phi) is 11.5. The van der Waals surface area contributed by atoms with Crippen molar-refractivity contribution in [1.82, 2.24) is 20.9 Å². The molecule has 0 aliphatic carbocycles. The van der Waals surface area contributed by atoms with Crippen LogP contribution in [-0.4, -0.2) is 72.0 Å². The molecule has 0 spiro atoms. The lowest BCUT2D eigenvalue weighted by atomic mass is 10.1. The molecule has 0 aromatic carbocycles. The van der Waals surface area contributed by atoms with Gasteiger partial charge in [-0.15, -0.1) is 0 Å². The zero-order valence-electron chi connectivity index (χ0n) is 19.6. The van der Waals surface area contributed by atoms with Gasteiger partial charge in [0.05, 0.1) is 18.8 Å². The Morgan fingerprint density at radius 3 is 2.41 bits per heavy atom. The zero-order valence-corrected chi connectivity index (χ0v) is 19.6. The third kappa shape index (κ3) is 11.3. The molecule has 1 rings (SSSR count). The maximum atomic E-state index is 12.6. The molecule has 0 aliphatic heterocycles. The molecule has 1 aromatic heterocycles. The highest BCUT2D eigenvalue weighted by Gasteiger charge is 2.27. The van der Waals surface area contributed by atoms with Crippen LogP contribution in [0.1, 0.15) is 50.7 Å². The van der Waals surface area contributed by atoms with Gasteiger partial charge in [0, 0.05) is 6.54 Å². The molecule has 0 aliphatic rings. The number of nitrogens with two attached hydrogens (primary N) is 3. The minimum atomic E-state index is -1.00. The number of aromatic nitrogens is 1. The summed E-state index contributed by atoms with van der Waals surface area (Å²) in [5.74, 6) is -2.06. The third-order valence-electron chi connectivity index (χ3n) is 4.13. The number of nitrogens with zero attached hydrogens (tertiary/aromatic N) is 2. The maximum Gasteiger partial charge on any atom is 0.408 e. The van der Waals surface area contributed by atoms with Crippen LogP contribution in [-0.2, 0) is 14.3 Å². The lowest BCUT2D eigenvalue weighted by Gasteiger charge is -2.23. The minimum Gasteiger partial charge on any atom is -0.444 e. The largest absolute Gasteiger partial charge is 0.444 e. The lowest BCUT2D eigenvalue weighted by molar-refractivity contribution is -0.127. The fourth-order valence-corrected chi connectivity index (χ4v) is 2.69.